The number of hydrogen-bond donors (Lipinski definition) is 1. The van der Waals surface area contributed by atoms with E-state index in [9.17, 15) is 4.39 Å². The van der Waals surface area contributed by atoms with Crippen molar-refractivity contribution in [2.45, 2.75) is 26.2 Å². The molecule has 0 aliphatic heterocycles. The number of nitrogens with zero attached hydrogens (tertiary/aromatic N) is 3. The van der Waals surface area contributed by atoms with Gasteiger partial charge in [0.25, 0.3) is 0 Å². The Morgan fingerprint density at radius 3 is 2.86 bits per heavy atom. The van der Waals surface area contributed by atoms with Gasteiger partial charge in [-0.2, -0.15) is 5.10 Å². The maximum atomic E-state index is 13.3. The summed E-state index contributed by atoms with van der Waals surface area (Å²) in [5, 5.41) is 5.53. The van der Waals surface area contributed by atoms with Gasteiger partial charge >= 0.3 is 0 Å². The topological polar surface area (TPSA) is 46.5 Å². The van der Waals surface area contributed by atoms with Crippen molar-refractivity contribution in [2.75, 3.05) is 0 Å². The second-order valence-electron chi connectivity index (χ2n) is 6.55. The Hall–Kier alpha value is -2.17. The van der Waals surface area contributed by atoms with Crippen LogP contribution in [-0.2, 0) is 7.05 Å². The molecule has 1 aliphatic carbocycles. The van der Waals surface area contributed by atoms with Crippen LogP contribution in [0.4, 0.5) is 4.39 Å². The number of halogens is 1. The van der Waals surface area contributed by atoms with E-state index in [0.717, 1.165) is 34.5 Å². The molecule has 108 valence electrons. The van der Waals surface area contributed by atoms with Crippen molar-refractivity contribution in [1.29, 1.82) is 0 Å². The molecule has 0 bridgehead atoms. The number of benzene rings is 1. The van der Waals surface area contributed by atoms with Gasteiger partial charge < -0.3 is 4.98 Å². The second kappa shape index (κ2) is 3.93. The third-order valence-corrected chi connectivity index (χ3v) is 4.49. The normalized spacial score (nSPS) is 20.1. The molecule has 1 atom stereocenters. The fraction of sp³-hybridized carbons (Fsp3) is 0.375. The number of aromatic nitrogens is 4. The van der Waals surface area contributed by atoms with Crippen molar-refractivity contribution in [2.24, 2.45) is 12.5 Å². The van der Waals surface area contributed by atoms with Gasteiger partial charge in [0.2, 0.25) is 0 Å². The summed E-state index contributed by atoms with van der Waals surface area (Å²) in [7, 11) is 1.91. The zero-order valence-corrected chi connectivity index (χ0v) is 12.3. The summed E-state index contributed by atoms with van der Waals surface area (Å²) in [6, 6.07) is 4.76. The van der Waals surface area contributed by atoms with Gasteiger partial charge in [0.1, 0.15) is 5.82 Å². The van der Waals surface area contributed by atoms with Crippen molar-refractivity contribution in [3.8, 4) is 11.4 Å². The number of aryl methyl sites for hydroxylation is 1. The number of nitrogens with one attached hydrogen (secondary N) is 1. The van der Waals surface area contributed by atoms with Gasteiger partial charge in [0.05, 0.1) is 0 Å². The molecule has 0 radical (unpaired) electrons. The molecule has 3 aromatic rings. The highest BCUT2D eigenvalue weighted by Crippen LogP contribution is 2.57. The van der Waals surface area contributed by atoms with Gasteiger partial charge in [0, 0.05) is 35.6 Å². The summed E-state index contributed by atoms with van der Waals surface area (Å²) in [4.78, 5) is 7.82. The SMILES string of the molecule is Cn1nc(C2CC2(C)C)nc1-c1c[nH]c2cc(F)ccc12. The maximum Gasteiger partial charge on any atom is 0.160 e. The average molecular weight is 284 g/mol. The van der Waals surface area contributed by atoms with Crippen molar-refractivity contribution in [3.63, 3.8) is 0 Å². The van der Waals surface area contributed by atoms with Gasteiger partial charge in [-0.1, -0.05) is 13.8 Å². The first-order valence-corrected chi connectivity index (χ1v) is 7.14. The minimum absolute atomic E-state index is 0.241. The lowest BCUT2D eigenvalue weighted by atomic mass is 10.1. The first kappa shape index (κ1) is 12.6. The van der Waals surface area contributed by atoms with E-state index in [1.165, 1.54) is 12.1 Å². The van der Waals surface area contributed by atoms with Crippen LogP contribution in [0.5, 0.6) is 0 Å². The van der Waals surface area contributed by atoms with Crippen LogP contribution in [0.3, 0.4) is 0 Å². The van der Waals surface area contributed by atoms with E-state index in [4.69, 9.17) is 4.98 Å². The lowest BCUT2D eigenvalue weighted by Gasteiger charge is -1.98. The number of hydrogen-bond acceptors (Lipinski definition) is 2. The summed E-state index contributed by atoms with van der Waals surface area (Å²) in [6.07, 6.45) is 3.01. The number of aromatic amines is 1. The van der Waals surface area contributed by atoms with Gasteiger partial charge in [-0.25, -0.2) is 14.1 Å². The molecule has 1 fully saturated rings. The molecule has 2 heterocycles. The molecular weight excluding hydrogens is 267 g/mol. The first-order chi connectivity index (χ1) is 9.95. The van der Waals surface area contributed by atoms with Crippen LogP contribution in [-0.4, -0.2) is 19.7 Å². The zero-order chi connectivity index (χ0) is 14.8. The standard InChI is InChI=1S/C16H17FN4/c1-16(2)7-12(16)14-19-15(21(3)20-14)11-8-18-13-6-9(17)4-5-10(11)13/h4-6,8,12,18H,7H2,1-3H3. The third-order valence-electron chi connectivity index (χ3n) is 4.49. The summed E-state index contributed by atoms with van der Waals surface area (Å²) in [5.74, 6) is 1.94. The van der Waals surface area contributed by atoms with E-state index in [2.05, 4.69) is 23.9 Å². The molecule has 1 aromatic carbocycles. The quantitative estimate of drug-likeness (QED) is 0.781. The van der Waals surface area contributed by atoms with E-state index in [1.54, 1.807) is 6.07 Å². The summed E-state index contributed by atoms with van der Waals surface area (Å²) in [6.45, 7) is 4.48. The molecule has 21 heavy (non-hydrogen) atoms. The molecule has 5 heteroatoms. The molecule has 1 aliphatic rings. The fourth-order valence-electron chi connectivity index (χ4n) is 2.98. The lowest BCUT2D eigenvalue weighted by molar-refractivity contribution is 0.604. The van der Waals surface area contributed by atoms with Crippen LogP contribution < -0.4 is 0 Å². The molecule has 0 amide bonds. The van der Waals surface area contributed by atoms with Crippen molar-refractivity contribution in [3.05, 3.63) is 36.0 Å². The largest absolute Gasteiger partial charge is 0.360 e. The minimum atomic E-state index is -0.241. The Balaban J connectivity index is 1.82. The molecule has 4 rings (SSSR count). The number of H-pyrrole nitrogens is 1. The van der Waals surface area contributed by atoms with Crippen LogP contribution in [0, 0.1) is 11.2 Å². The van der Waals surface area contributed by atoms with Crippen LogP contribution >= 0.6 is 0 Å². The molecule has 4 nitrogen and oxygen atoms in total. The van der Waals surface area contributed by atoms with Gasteiger partial charge in [0.15, 0.2) is 11.6 Å². The lowest BCUT2D eigenvalue weighted by Crippen LogP contribution is -1.95. The van der Waals surface area contributed by atoms with E-state index in [-0.39, 0.29) is 5.82 Å². The summed E-state index contributed by atoms with van der Waals surface area (Å²) >= 11 is 0. The van der Waals surface area contributed by atoms with Crippen LogP contribution in [0.2, 0.25) is 0 Å². The second-order valence-corrected chi connectivity index (χ2v) is 6.55. The van der Waals surface area contributed by atoms with Crippen molar-refractivity contribution in [1.82, 2.24) is 19.7 Å². The smallest absolute Gasteiger partial charge is 0.160 e. The molecule has 1 N–H and O–H groups in total. The fourth-order valence-corrected chi connectivity index (χ4v) is 2.98. The van der Waals surface area contributed by atoms with E-state index in [1.807, 2.05) is 17.9 Å². The predicted octanol–water partition coefficient (Wildman–Crippen LogP) is 3.62. The molecular formula is C16H17FN4. The summed E-state index contributed by atoms with van der Waals surface area (Å²) < 4.78 is 15.1. The highest BCUT2D eigenvalue weighted by molar-refractivity contribution is 5.93. The molecule has 2 aromatic heterocycles. The Labute approximate surface area is 122 Å². The van der Waals surface area contributed by atoms with E-state index in [0.29, 0.717) is 11.3 Å². The Morgan fingerprint density at radius 2 is 2.14 bits per heavy atom. The Kier molecular flexibility index (Phi) is 2.35. The first-order valence-electron chi connectivity index (χ1n) is 7.14. The molecule has 1 saturated carbocycles. The third kappa shape index (κ3) is 1.87. The highest BCUT2D eigenvalue weighted by atomic mass is 19.1. The summed E-state index contributed by atoms with van der Waals surface area (Å²) in [5.41, 5.74) is 2.05. The molecule has 0 spiro atoms. The predicted molar refractivity (Wildman–Crippen MR) is 79.4 cm³/mol. The van der Waals surface area contributed by atoms with Crippen molar-refractivity contribution < 1.29 is 4.39 Å². The Bertz CT molecular complexity index is 843. The van der Waals surface area contributed by atoms with Crippen LogP contribution in [0.1, 0.15) is 32.0 Å². The van der Waals surface area contributed by atoms with E-state index < -0.39 is 0 Å². The monoisotopic (exact) mass is 284 g/mol. The maximum absolute atomic E-state index is 13.3. The number of fused-ring (bicyclic) bond motifs is 1. The zero-order valence-electron chi connectivity index (χ0n) is 12.3. The Morgan fingerprint density at radius 1 is 1.38 bits per heavy atom. The molecule has 0 saturated heterocycles. The van der Waals surface area contributed by atoms with Crippen molar-refractivity contribution >= 4 is 10.9 Å². The van der Waals surface area contributed by atoms with Gasteiger partial charge in [-0.15, -0.1) is 0 Å². The van der Waals surface area contributed by atoms with E-state index >= 15 is 0 Å². The highest BCUT2D eigenvalue weighted by Gasteiger charge is 2.49. The average Bonchev–Trinajstić information content (AvgIpc) is 2.76. The van der Waals surface area contributed by atoms with Gasteiger partial charge in [-0.3, -0.25) is 0 Å². The van der Waals surface area contributed by atoms with Crippen LogP contribution in [0.25, 0.3) is 22.3 Å². The van der Waals surface area contributed by atoms with Gasteiger partial charge in [-0.05, 0) is 30.0 Å². The minimum Gasteiger partial charge on any atom is -0.360 e. The number of rotatable bonds is 2. The van der Waals surface area contributed by atoms with Crippen LogP contribution in [0.15, 0.2) is 24.4 Å². The molecule has 1 unspecified atom stereocenters.